The summed E-state index contributed by atoms with van der Waals surface area (Å²) in [6.45, 7) is 7.45. The Bertz CT molecular complexity index is 927. The minimum absolute atomic E-state index is 0. The Kier molecular flexibility index (Phi) is 5.95. The van der Waals surface area contributed by atoms with Crippen molar-refractivity contribution < 1.29 is 14.3 Å². The van der Waals surface area contributed by atoms with Crippen molar-refractivity contribution in [3.63, 3.8) is 0 Å². The largest absolute Gasteiger partial charge is 0.464 e. The predicted molar refractivity (Wildman–Crippen MR) is 109 cm³/mol. The van der Waals surface area contributed by atoms with Crippen LogP contribution in [-0.2, 0) is 17.7 Å². The molecular formula is C20H26ClN5O3. The number of esters is 1. The first-order valence-corrected chi connectivity index (χ1v) is 9.59. The van der Waals surface area contributed by atoms with Gasteiger partial charge in [-0.15, -0.1) is 12.4 Å². The Balaban J connectivity index is 0.00000240. The number of fused-ring (bicyclic) bond motifs is 3. The number of ether oxygens (including phenoxy) is 1. The number of carbonyl (C=O) groups is 2. The molecule has 9 heteroatoms. The maximum Gasteiger partial charge on any atom is 0.356 e. The van der Waals surface area contributed by atoms with Crippen molar-refractivity contribution in [2.45, 2.75) is 51.9 Å². The van der Waals surface area contributed by atoms with Gasteiger partial charge in [-0.1, -0.05) is 6.07 Å². The standard InChI is InChI=1S/C20H25N5O3.ClH/c1-11-7-17-15(9-21-11)18-19(26)24(10-12(2)25(18)23-17)13(3)14-5-6-16(22-8-14)20(27)28-4;/h5-6,8,11-13,21H,7,9-10H2,1-4H3;1H/t11-,12-,13?;/m1./s1. The highest BCUT2D eigenvalue weighted by atomic mass is 35.5. The Labute approximate surface area is 176 Å². The minimum atomic E-state index is -0.473. The van der Waals surface area contributed by atoms with Gasteiger partial charge in [-0.2, -0.15) is 5.10 Å². The fraction of sp³-hybridized carbons (Fsp3) is 0.500. The smallest absolute Gasteiger partial charge is 0.356 e. The quantitative estimate of drug-likeness (QED) is 0.768. The van der Waals surface area contributed by atoms with E-state index in [0.717, 1.165) is 23.2 Å². The molecule has 1 amide bonds. The van der Waals surface area contributed by atoms with E-state index < -0.39 is 5.97 Å². The number of amides is 1. The van der Waals surface area contributed by atoms with E-state index in [4.69, 9.17) is 9.84 Å². The van der Waals surface area contributed by atoms with Crippen molar-refractivity contribution in [3.05, 3.63) is 46.5 Å². The van der Waals surface area contributed by atoms with Gasteiger partial charge in [0.15, 0.2) is 0 Å². The van der Waals surface area contributed by atoms with Crippen LogP contribution >= 0.6 is 12.4 Å². The van der Waals surface area contributed by atoms with Crippen LogP contribution in [0.25, 0.3) is 0 Å². The minimum Gasteiger partial charge on any atom is -0.464 e. The van der Waals surface area contributed by atoms with Crippen LogP contribution in [0.5, 0.6) is 0 Å². The van der Waals surface area contributed by atoms with E-state index >= 15 is 0 Å². The van der Waals surface area contributed by atoms with Gasteiger partial charge in [-0.05, 0) is 32.4 Å². The van der Waals surface area contributed by atoms with Gasteiger partial charge >= 0.3 is 5.97 Å². The molecule has 4 heterocycles. The second-order valence-corrected chi connectivity index (χ2v) is 7.66. The molecule has 0 bridgehead atoms. The lowest BCUT2D eigenvalue weighted by Crippen LogP contribution is -2.44. The molecule has 0 spiro atoms. The molecule has 0 radical (unpaired) electrons. The van der Waals surface area contributed by atoms with Crippen molar-refractivity contribution in [3.8, 4) is 0 Å². The topological polar surface area (TPSA) is 89.4 Å². The summed E-state index contributed by atoms with van der Waals surface area (Å²) in [5.74, 6) is -0.480. The lowest BCUT2D eigenvalue weighted by molar-refractivity contribution is 0.0575. The molecule has 0 saturated heterocycles. The third-order valence-corrected chi connectivity index (χ3v) is 5.69. The molecule has 0 aromatic carbocycles. The van der Waals surface area contributed by atoms with Crippen LogP contribution in [-0.4, -0.2) is 51.2 Å². The molecule has 0 fully saturated rings. The summed E-state index contributed by atoms with van der Waals surface area (Å²) in [5.41, 5.74) is 3.87. The van der Waals surface area contributed by atoms with Crippen LogP contribution in [0, 0.1) is 0 Å². The first kappa shape index (κ1) is 21.3. The molecule has 0 aliphatic carbocycles. The molecule has 3 atom stereocenters. The lowest BCUT2D eigenvalue weighted by atomic mass is 9.99. The summed E-state index contributed by atoms with van der Waals surface area (Å²) in [5, 5.41) is 8.18. The SMILES string of the molecule is COC(=O)c1ccc(C(C)N2C[C@@H](C)n3nc4c(c3C2=O)CN[C@H](C)C4)cn1.Cl. The van der Waals surface area contributed by atoms with Crippen molar-refractivity contribution in [1.29, 1.82) is 0 Å². The van der Waals surface area contributed by atoms with E-state index in [0.29, 0.717) is 24.8 Å². The number of hydrogen-bond acceptors (Lipinski definition) is 6. The van der Waals surface area contributed by atoms with E-state index in [2.05, 4.69) is 24.1 Å². The van der Waals surface area contributed by atoms with E-state index in [1.54, 1.807) is 12.3 Å². The zero-order valence-electron chi connectivity index (χ0n) is 17.0. The van der Waals surface area contributed by atoms with Crippen LogP contribution in [0.4, 0.5) is 0 Å². The number of pyridine rings is 1. The molecule has 4 rings (SSSR count). The number of hydrogen-bond donors (Lipinski definition) is 1. The number of aromatic nitrogens is 3. The van der Waals surface area contributed by atoms with E-state index in [-0.39, 0.29) is 36.1 Å². The van der Waals surface area contributed by atoms with Crippen molar-refractivity contribution >= 4 is 24.3 Å². The van der Waals surface area contributed by atoms with Crippen molar-refractivity contribution in [1.82, 2.24) is 25.0 Å². The van der Waals surface area contributed by atoms with Crippen molar-refractivity contribution in [2.24, 2.45) is 0 Å². The third-order valence-electron chi connectivity index (χ3n) is 5.69. The summed E-state index contributed by atoms with van der Waals surface area (Å²) in [6.07, 6.45) is 2.48. The average molecular weight is 420 g/mol. The molecular weight excluding hydrogens is 394 g/mol. The van der Waals surface area contributed by atoms with Gasteiger partial charge in [0.05, 0.1) is 24.9 Å². The normalized spacial score (nSPS) is 21.7. The summed E-state index contributed by atoms with van der Waals surface area (Å²) in [7, 11) is 1.33. The molecule has 2 aliphatic rings. The summed E-state index contributed by atoms with van der Waals surface area (Å²) in [6, 6.07) is 3.76. The van der Waals surface area contributed by atoms with Gasteiger partial charge in [-0.25, -0.2) is 9.78 Å². The Morgan fingerprint density at radius 3 is 2.76 bits per heavy atom. The van der Waals surface area contributed by atoms with Crippen LogP contribution in [0.1, 0.15) is 70.7 Å². The van der Waals surface area contributed by atoms with E-state index in [1.807, 2.05) is 22.6 Å². The van der Waals surface area contributed by atoms with Crippen LogP contribution in [0.15, 0.2) is 18.3 Å². The summed E-state index contributed by atoms with van der Waals surface area (Å²) in [4.78, 5) is 31.0. The highest BCUT2D eigenvalue weighted by Gasteiger charge is 2.38. The highest BCUT2D eigenvalue weighted by molar-refractivity contribution is 5.95. The molecule has 156 valence electrons. The lowest BCUT2D eigenvalue weighted by Gasteiger charge is -2.36. The average Bonchev–Trinajstić information content (AvgIpc) is 3.09. The number of halogens is 1. The van der Waals surface area contributed by atoms with Gasteiger partial charge in [-0.3, -0.25) is 9.48 Å². The first-order chi connectivity index (χ1) is 13.4. The molecule has 2 aromatic rings. The fourth-order valence-electron chi connectivity index (χ4n) is 4.02. The van der Waals surface area contributed by atoms with Gasteiger partial charge in [0.2, 0.25) is 0 Å². The second kappa shape index (κ2) is 8.12. The number of nitrogens with one attached hydrogen (secondary N) is 1. The number of methoxy groups -OCH3 is 1. The molecule has 0 saturated carbocycles. The van der Waals surface area contributed by atoms with Gasteiger partial charge in [0, 0.05) is 37.3 Å². The number of nitrogens with zero attached hydrogens (tertiary/aromatic N) is 4. The number of carbonyl (C=O) groups excluding carboxylic acids is 2. The number of rotatable bonds is 3. The van der Waals surface area contributed by atoms with Crippen LogP contribution in [0.2, 0.25) is 0 Å². The molecule has 8 nitrogen and oxygen atoms in total. The van der Waals surface area contributed by atoms with Gasteiger partial charge in [0.25, 0.3) is 5.91 Å². The van der Waals surface area contributed by atoms with Gasteiger partial charge in [0.1, 0.15) is 11.4 Å². The summed E-state index contributed by atoms with van der Waals surface area (Å²) >= 11 is 0. The maximum atomic E-state index is 13.4. The second-order valence-electron chi connectivity index (χ2n) is 7.66. The van der Waals surface area contributed by atoms with E-state index in [1.165, 1.54) is 7.11 Å². The molecule has 29 heavy (non-hydrogen) atoms. The van der Waals surface area contributed by atoms with Gasteiger partial charge < -0.3 is 15.0 Å². The molecule has 2 aromatic heterocycles. The Morgan fingerprint density at radius 2 is 2.10 bits per heavy atom. The fourth-order valence-corrected chi connectivity index (χ4v) is 4.02. The Morgan fingerprint density at radius 1 is 1.34 bits per heavy atom. The predicted octanol–water partition coefficient (Wildman–Crippen LogP) is 2.30. The molecule has 2 aliphatic heterocycles. The van der Waals surface area contributed by atoms with Crippen LogP contribution in [0.3, 0.4) is 0 Å². The van der Waals surface area contributed by atoms with Crippen molar-refractivity contribution in [2.75, 3.05) is 13.7 Å². The Hall–Kier alpha value is -2.45. The zero-order valence-corrected chi connectivity index (χ0v) is 17.8. The monoisotopic (exact) mass is 419 g/mol. The first-order valence-electron chi connectivity index (χ1n) is 9.59. The molecule has 1 unspecified atom stereocenters. The maximum absolute atomic E-state index is 13.4. The third kappa shape index (κ3) is 3.62. The molecule has 1 N–H and O–H groups in total. The zero-order chi connectivity index (χ0) is 20.0. The van der Waals surface area contributed by atoms with E-state index in [9.17, 15) is 9.59 Å². The summed E-state index contributed by atoms with van der Waals surface area (Å²) < 4.78 is 6.59. The van der Waals surface area contributed by atoms with Crippen LogP contribution < -0.4 is 5.32 Å². The highest BCUT2D eigenvalue weighted by Crippen LogP contribution is 2.32.